The van der Waals surface area contributed by atoms with Crippen molar-refractivity contribution in [3.8, 4) is 5.75 Å². The van der Waals surface area contributed by atoms with Crippen LogP contribution < -0.4 is 10.1 Å². The largest absolute Gasteiger partial charge is 0.494 e. The summed E-state index contributed by atoms with van der Waals surface area (Å²) < 4.78 is 9.90. The molecule has 0 spiro atoms. The highest BCUT2D eigenvalue weighted by molar-refractivity contribution is 6.04. The fourth-order valence-electron chi connectivity index (χ4n) is 1.63. The van der Waals surface area contributed by atoms with Crippen molar-refractivity contribution in [2.45, 2.75) is 20.3 Å². The van der Waals surface area contributed by atoms with Crippen LogP contribution in [0.4, 0.5) is 5.69 Å². The molecule has 0 heterocycles. The van der Waals surface area contributed by atoms with Crippen LogP contribution in [0.1, 0.15) is 20.3 Å². The van der Waals surface area contributed by atoms with Gasteiger partial charge in [-0.2, -0.15) is 0 Å². The normalized spacial score (nSPS) is 11.5. The van der Waals surface area contributed by atoms with Crippen molar-refractivity contribution >= 4 is 17.6 Å². The molecule has 0 saturated carbocycles. The highest BCUT2D eigenvalue weighted by atomic mass is 16.5. The Bertz CT molecular complexity index is 428. The predicted octanol–water partition coefficient (Wildman–Crippen LogP) is 2.22. The quantitative estimate of drug-likeness (QED) is 0.632. The molecule has 1 amide bonds. The molecular formula is C14H19NO4. The summed E-state index contributed by atoms with van der Waals surface area (Å²) in [5.74, 6) is -0.929. The van der Waals surface area contributed by atoms with E-state index in [0.29, 0.717) is 18.7 Å². The van der Waals surface area contributed by atoms with E-state index >= 15 is 0 Å². The number of rotatable bonds is 6. The van der Waals surface area contributed by atoms with Crippen LogP contribution >= 0.6 is 0 Å². The molecule has 104 valence electrons. The Morgan fingerprint density at radius 1 is 1.21 bits per heavy atom. The number of esters is 1. The van der Waals surface area contributed by atoms with E-state index in [1.54, 1.807) is 31.2 Å². The zero-order valence-corrected chi connectivity index (χ0v) is 11.4. The van der Waals surface area contributed by atoms with Crippen molar-refractivity contribution in [3.05, 3.63) is 24.3 Å². The summed E-state index contributed by atoms with van der Waals surface area (Å²) >= 11 is 0. The molecular weight excluding hydrogens is 246 g/mol. The molecule has 0 saturated heterocycles. The SMILES string of the molecule is CCOc1ccc(NC(=O)C(CC)C(=O)OC)cc1. The highest BCUT2D eigenvalue weighted by Gasteiger charge is 2.25. The van der Waals surface area contributed by atoms with Gasteiger partial charge in [0.1, 0.15) is 11.7 Å². The molecule has 1 aromatic carbocycles. The summed E-state index contributed by atoms with van der Waals surface area (Å²) in [7, 11) is 1.27. The van der Waals surface area contributed by atoms with Crippen LogP contribution in [0, 0.1) is 5.92 Å². The Balaban J connectivity index is 2.67. The van der Waals surface area contributed by atoms with E-state index in [1.807, 2.05) is 6.92 Å². The molecule has 5 nitrogen and oxygen atoms in total. The minimum absolute atomic E-state index is 0.362. The first-order chi connectivity index (χ1) is 9.12. The zero-order valence-electron chi connectivity index (χ0n) is 11.4. The van der Waals surface area contributed by atoms with Gasteiger partial charge in [0.05, 0.1) is 13.7 Å². The van der Waals surface area contributed by atoms with E-state index in [0.717, 1.165) is 5.75 Å². The second-order valence-corrected chi connectivity index (χ2v) is 3.93. The summed E-state index contributed by atoms with van der Waals surface area (Å²) in [6.07, 6.45) is 0.398. The number of nitrogens with one attached hydrogen (secondary N) is 1. The van der Waals surface area contributed by atoms with Crippen LogP contribution in [0.2, 0.25) is 0 Å². The summed E-state index contributed by atoms with van der Waals surface area (Å²) in [4.78, 5) is 23.3. The third-order valence-electron chi connectivity index (χ3n) is 2.64. The first kappa shape index (κ1) is 15.0. The van der Waals surface area contributed by atoms with Crippen molar-refractivity contribution in [3.63, 3.8) is 0 Å². The van der Waals surface area contributed by atoms with Crippen LogP contribution in [0.3, 0.4) is 0 Å². The van der Waals surface area contributed by atoms with E-state index in [1.165, 1.54) is 7.11 Å². The monoisotopic (exact) mass is 265 g/mol. The molecule has 0 aromatic heterocycles. The molecule has 1 aromatic rings. The number of benzene rings is 1. The number of methoxy groups -OCH3 is 1. The molecule has 1 unspecified atom stereocenters. The first-order valence-corrected chi connectivity index (χ1v) is 6.23. The van der Waals surface area contributed by atoms with Gasteiger partial charge in [0.25, 0.3) is 0 Å². The molecule has 0 aliphatic carbocycles. The van der Waals surface area contributed by atoms with Crippen molar-refractivity contribution < 1.29 is 19.1 Å². The van der Waals surface area contributed by atoms with E-state index < -0.39 is 11.9 Å². The lowest BCUT2D eigenvalue weighted by Crippen LogP contribution is -2.30. The van der Waals surface area contributed by atoms with Crippen LogP contribution in [0.5, 0.6) is 5.75 Å². The van der Waals surface area contributed by atoms with E-state index in [-0.39, 0.29) is 5.91 Å². The molecule has 1 atom stereocenters. The molecule has 0 bridgehead atoms. The fourth-order valence-corrected chi connectivity index (χ4v) is 1.63. The van der Waals surface area contributed by atoms with Gasteiger partial charge in [-0.05, 0) is 37.6 Å². The lowest BCUT2D eigenvalue weighted by Gasteiger charge is -2.13. The Morgan fingerprint density at radius 3 is 2.32 bits per heavy atom. The van der Waals surface area contributed by atoms with Gasteiger partial charge < -0.3 is 14.8 Å². The highest BCUT2D eigenvalue weighted by Crippen LogP contribution is 2.17. The molecule has 0 aliphatic rings. The number of hydrogen-bond donors (Lipinski definition) is 1. The maximum absolute atomic E-state index is 11.9. The molecule has 0 aliphatic heterocycles. The van der Waals surface area contributed by atoms with Crippen molar-refractivity contribution in [2.24, 2.45) is 5.92 Å². The van der Waals surface area contributed by atoms with Gasteiger partial charge in [-0.15, -0.1) is 0 Å². The first-order valence-electron chi connectivity index (χ1n) is 6.23. The number of anilines is 1. The van der Waals surface area contributed by atoms with Crippen LogP contribution in [-0.2, 0) is 14.3 Å². The lowest BCUT2D eigenvalue weighted by molar-refractivity contribution is -0.148. The Labute approximate surface area is 112 Å². The summed E-state index contributed by atoms with van der Waals surface area (Å²) in [6, 6.07) is 6.98. The van der Waals surface area contributed by atoms with Crippen molar-refractivity contribution in [1.29, 1.82) is 0 Å². The topological polar surface area (TPSA) is 64.6 Å². The van der Waals surface area contributed by atoms with Gasteiger partial charge in [-0.3, -0.25) is 9.59 Å². The second kappa shape index (κ2) is 7.41. The van der Waals surface area contributed by atoms with Crippen LogP contribution in [0.25, 0.3) is 0 Å². The van der Waals surface area contributed by atoms with Crippen molar-refractivity contribution in [1.82, 2.24) is 0 Å². The second-order valence-electron chi connectivity index (χ2n) is 3.93. The molecule has 19 heavy (non-hydrogen) atoms. The summed E-state index contributed by atoms with van der Waals surface area (Å²) in [5, 5.41) is 2.68. The summed E-state index contributed by atoms with van der Waals surface area (Å²) in [6.45, 7) is 4.25. The van der Waals surface area contributed by atoms with Crippen LogP contribution in [-0.4, -0.2) is 25.6 Å². The van der Waals surface area contributed by atoms with Gasteiger partial charge >= 0.3 is 5.97 Å². The Hall–Kier alpha value is -2.04. The number of carbonyl (C=O) groups is 2. The van der Waals surface area contributed by atoms with Gasteiger partial charge in [-0.1, -0.05) is 6.92 Å². The maximum atomic E-state index is 11.9. The predicted molar refractivity (Wildman–Crippen MR) is 72.0 cm³/mol. The fraction of sp³-hybridized carbons (Fsp3) is 0.429. The van der Waals surface area contributed by atoms with Gasteiger partial charge in [0, 0.05) is 5.69 Å². The average molecular weight is 265 g/mol. The minimum atomic E-state index is -0.781. The van der Waals surface area contributed by atoms with Gasteiger partial charge in [-0.25, -0.2) is 0 Å². The smallest absolute Gasteiger partial charge is 0.318 e. The number of carbonyl (C=O) groups excluding carboxylic acids is 2. The summed E-state index contributed by atoms with van der Waals surface area (Å²) in [5.41, 5.74) is 0.621. The molecule has 1 rings (SSSR count). The lowest BCUT2D eigenvalue weighted by atomic mass is 10.1. The van der Waals surface area contributed by atoms with Gasteiger partial charge in [0.2, 0.25) is 5.91 Å². The molecule has 1 N–H and O–H groups in total. The number of ether oxygens (including phenoxy) is 2. The molecule has 5 heteroatoms. The Morgan fingerprint density at radius 2 is 1.84 bits per heavy atom. The standard InChI is InChI=1S/C14H19NO4/c1-4-12(14(17)18-3)13(16)15-10-6-8-11(9-7-10)19-5-2/h6-9,12H,4-5H2,1-3H3,(H,15,16). The van der Waals surface area contributed by atoms with E-state index in [4.69, 9.17) is 4.74 Å². The molecule has 0 fully saturated rings. The van der Waals surface area contributed by atoms with Crippen molar-refractivity contribution in [2.75, 3.05) is 19.0 Å². The Kier molecular flexibility index (Phi) is 5.85. The maximum Gasteiger partial charge on any atom is 0.318 e. The minimum Gasteiger partial charge on any atom is -0.494 e. The third-order valence-corrected chi connectivity index (χ3v) is 2.64. The van der Waals surface area contributed by atoms with E-state index in [2.05, 4.69) is 10.1 Å². The number of amides is 1. The van der Waals surface area contributed by atoms with E-state index in [9.17, 15) is 9.59 Å². The zero-order chi connectivity index (χ0) is 14.3. The average Bonchev–Trinajstić information content (AvgIpc) is 2.42. The van der Waals surface area contributed by atoms with Crippen LogP contribution in [0.15, 0.2) is 24.3 Å². The number of hydrogen-bond acceptors (Lipinski definition) is 4. The van der Waals surface area contributed by atoms with Gasteiger partial charge in [0.15, 0.2) is 0 Å². The molecule has 0 radical (unpaired) electrons. The third kappa shape index (κ3) is 4.28.